The molecule has 0 saturated carbocycles. The van der Waals surface area contributed by atoms with Crippen LogP contribution in [0.1, 0.15) is 213 Å². The summed E-state index contributed by atoms with van der Waals surface area (Å²) in [6, 6.07) is 0. The third-order valence-corrected chi connectivity index (χ3v) is 11.1. The van der Waals surface area contributed by atoms with Crippen molar-refractivity contribution < 1.29 is 28.6 Å². The lowest BCUT2D eigenvalue weighted by atomic mass is 10.1. The van der Waals surface area contributed by atoms with Crippen LogP contribution in [0, 0.1) is 0 Å². The largest absolute Gasteiger partial charge is 0.462 e. The van der Waals surface area contributed by atoms with Crippen LogP contribution >= 0.6 is 0 Å². The summed E-state index contributed by atoms with van der Waals surface area (Å²) in [6.45, 7) is 6.26. The lowest BCUT2D eigenvalue weighted by Crippen LogP contribution is -2.30. The molecule has 386 valence electrons. The topological polar surface area (TPSA) is 78.9 Å². The molecule has 0 aliphatic carbocycles. The van der Waals surface area contributed by atoms with Gasteiger partial charge in [0.2, 0.25) is 0 Å². The van der Waals surface area contributed by atoms with Crippen LogP contribution in [0.4, 0.5) is 0 Å². The van der Waals surface area contributed by atoms with E-state index >= 15 is 0 Å². The van der Waals surface area contributed by atoms with Crippen LogP contribution in [0.2, 0.25) is 0 Å². The van der Waals surface area contributed by atoms with Crippen molar-refractivity contribution in [2.24, 2.45) is 0 Å². The number of esters is 3. The highest BCUT2D eigenvalue weighted by molar-refractivity contribution is 5.71. The summed E-state index contributed by atoms with van der Waals surface area (Å²) in [5, 5.41) is 0. The van der Waals surface area contributed by atoms with Crippen LogP contribution in [0.25, 0.3) is 0 Å². The van der Waals surface area contributed by atoms with Crippen LogP contribution in [-0.4, -0.2) is 37.2 Å². The number of rotatable bonds is 47. The first-order chi connectivity index (χ1) is 34.0. The second-order valence-corrected chi connectivity index (χ2v) is 17.6. The van der Waals surface area contributed by atoms with Gasteiger partial charge in [0.15, 0.2) is 6.10 Å². The molecule has 0 rings (SSSR count). The minimum atomic E-state index is -0.822. The summed E-state index contributed by atoms with van der Waals surface area (Å²) in [7, 11) is 0. The standard InChI is InChI=1S/C63H98O6/c1-4-7-10-13-16-19-22-25-27-29-31-33-35-38-41-44-47-50-53-56-62(65)68-59-60(58-67-61(64)55-52-49-46-43-40-37-24-21-18-15-12-9-6-3)69-63(66)57-54-51-48-45-42-39-36-34-32-30-28-26-23-20-17-14-11-8-5-2/h7,9-10,12-13,15-16,18-19,21-22,24-25,27,29-33,35,37-38,40-41,60H,4-6,8,11,14,17,20,23,26,28,34,36,39,42-59H2,1-3H3/b10-7+,12-9+,16-13+,18-15+,22-19+,24-21+,27-25+,31-29+,32-30+,35-33+,40-37+,41-38+. The first-order valence-electron chi connectivity index (χ1n) is 27.5. The Balaban J connectivity index is 4.55. The van der Waals surface area contributed by atoms with E-state index in [0.29, 0.717) is 25.7 Å². The van der Waals surface area contributed by atoms with Crippen molar-refractivity contribution in [3.63, 3.8) is 0 Å². The molecule has 0 N–H and O–H groups in total. The van der Waals surface area contributed by atoms with Crippen molar-refractivity contribution in [1.82, 2.24) is 0 Å². The van der Waals surface area contributed by atoms with Crippen LogP contribution in [0.5, 0.6) is 0 Å². The molecule has 0 aliphatic rings. The third kappa shape index (κ3) is 54.1. The number of unbranched alkanes of at least 4 members (excludes halogenated alkanes) is 21. The number of carbonyl (C=O) groups excluding carboxylic acids is 3. The van der Waals surface area contributed by atoms with Gasteiger partial charge < -0.3 is 14.2 Å². The zero-order chi connectivity index (χ0) is 50.0. The maximum Gasteiger partial charge on any atom is 0.306 e. The quantitative estimate of drug-likeness (QED) is 0.0199. The molecule has 0 spiro atoms. The van der Waals surface area contributed by atoms with Crippen molar-refractivity contribution in [2.75, 3.05) is 13.2 Å². The smallest absolute Gasteiger partial charge is 0.306 e. The van der Waals surface area contributed by atoms with Gasteiger partial charge >= 0.3 is 17.9 Å². The van der Waals surface area contributed by atoms with Gasteiger partial charge in [0, 0.05) is 19.3 Å². The molecule has 1 unspecified atom stereocenters. The minimum Gasteiger partial charge on any atom is -0.462 e. The van der Waals surface area contributed by atoms with Crippen molar-refractivity contribution in [1.29, 1.82) is 0 Å². The van der Waals surface area contributed by atoms with E-state index in [2.05, 4.69) is 57.2 Å². The van der Waals surface area contributed by atoms with Gasteiger partial charge in [-0.2, -0.15) is 0 Å². The minimum absolute atomic E-state index is 0.121. The molecule has 1 atom stereocenters. The molecular formula is C63H98O6. The fraction of sp³-hybridized carbons (Fsp3) is 0.571. The Bertz CT molecular complexity index is 1560. The number of hydrogen-bond donors (Lipinski definition) is 0. The first-order valence-corrected chi connectivity index (χ1v) is 27.5. The van der Waals surface area contributed by atoms with Crippen molar-refractivity contribution in [2.45, 2.75) is 219 Å². The molecular weight excluding hydrogens is 853 g/mol. The summed E-state index contributed by atoms with van der Waals surface area (Å²) >= 11 is 0. The second kappa shape index (κ2) is 55.9. The molecule has 69 heavy (non-hydrogen) atoms. The van der Waals surface area contributed by atoms with E-state index in [-0.39, 0.29) is 31.1 Å². The van der Waals surface area contributed by atoms with Gasteiger partial charge in [-0.05, 0) is 83.5 Å². The van der Waals surface area contributed by atoms with Gasteiger partial charge in [-0.3, -0.25) is 14.4 Å². The number of hydrogen-bond acceptors (Lipinski definition) is 6. The van der Waals surface area contributed by atoms with Crippen LogP contribution < -0.4 is 0 Å². The number of carbonyl (C=O) groups is 3. The fourth-order valence-corrected chi connectivity index (χ4v) is 7.02. The van der Waals surface area contributed by atoms with Gasteiger partial charge in [0.05, 0.1) is 0 Å². The van der Waals surface area contributed by atoms with Crippen LogP contribution in [0.15, 0.2) is 146 Å². The molecule has 0 bridgehead atoms. The van der Waals surface area contributed by atoms with Gasteiger partial charge in [-0.15, -0.1) is 0 Å². The summed E-state index contributed by atoms with van der Waals surface area (Å²) < 4.78 is 16.8. The average Bonchev–Trinajstić information content (AvgIpc) is 3.35. The molecule has 0 fully saturated rings. The van der Waals surface area contributed by atoms with E-state index in [1.165, 1.54) is 89.9 Å². The number of ether oxygens (including phenoxy) is 3. The highest BCUT2D eigenvalue weighted by Crippen LogP contribution is 2.14. The van der Waals surface area contributed by atoms with Gasteiger partial charge in [0.25, 0.3) is 0 Å². The Morgan fingerprint density at radius 3 is 0.942 bits per heavy atom. The fourth-order valence-electron chi connectivity index (χ4n) is 7.02. The van der Waals surface area contributed by atoms with E-state index in [4.69, 9.17) is 14.2 Å². The molecule has 0 aliphatic heterocycles. The molecule has 0 aromatic heterocycles. The zero-order valence-electron chi connectivity index (χ0n) is 44.0. The lowest BCUT2D eigenvalue weighted by Gasteiger charge is -2.18. The van der Waals surface area contributed by atoms with Crippen molar-refractivity contribution in [3.05, 3.63) is 146 Å². The maximum absolute atomic E-state index is 12.8. The Hall–Kier alpha value is -4.71. The van der Waals surface area contributed by atoms with Crippen LogP contribution in [0.3, 0.4) is 0 Å². The van der Waals surface area contributed by atoms with Gasteiger partial charge in [0.1, 0.15) is 13.2 Å². The average molecular weight is 951 g/mol. The molecule has 6 nitrogen and oxygen atoms in total. The summed E-state index contributed by atoms with van der Waals surface area (Å²) in [5.74, 6) is -1.01. The highest BCUT2D eigenvalue weighted by atomic mass is 16.6. The lowest BCUT2D eigenvalue weighted by molar-refractivity contribution is -0.167. The second-order valence-electron chi connectivity index (χ2n) is 17.6. The van der Waals surface area contributed by atoms with Crippen molar-refractivity contribution in [3.8, 4) is 0 Å². The summed E-state index contributed by atoms with van der Waals surface area (Å²) in [5.41, 5.74) is 0. The summed E-state index contributed by atoms with van der Waals surface area (Å²) in [6.07, 6.45) is 79.7. The van der Waals surface area contributed by atoms with E-state index in [1.54, 1.807) is 0 Å². The zero-order valence-corrected chi connectivity index (χ0v) is 44.0. The van der Waals surface area contributed by atoms with E-state index < -0.39 is 6.10 Å². The molecule has 0 amide bonds. The SMILES string of the molecule is CC/C=C/C=C/C=C/C=C/C=C/C=C/C=C/CCCCCC(=O)OCC(COC(=O)CCCCC/C=C/C=C/C=C/C=C/CC)OC(=O)CCCCCCCCC/C=C/CCCCCCCCCC. The van der Waals surface area contributed by atoms with E-state index in [0.717, 1.165) is 77.0 Å². The maximum atomic E-state index is 12.8. The third-order valence-electron chi connectivity index (χ3n) is 11.1. The predicted octanol–water partition coefficient (Wildman–Crippen LogP) is 18.4. The van der Waals surface area contributed by atoms with Gasteiger partial charge in [-0.1, -0.05) is 256 Å². The number of allylic oxidation sites excluding steroid dienone is 24. The first kappa shape index (κ1) is 64.3. The predicted molar refractivity (Wildman–Crippen MR) is 297 cm³/mol. The summed E-state index contributed by atoms with van der Waals surface area (Å²) in [4.78, 5) is 38.1. The van der Waals surface area contributed by atoms with Crippen LogP contribution in [-0.2, 0) is 28.6 Å². The molecule has 6 heteroatoms. The molecule has 0 saturated heterocycles. The Morgan fingerprint density at radius 1 is 0.304 bits per heavy atom. The molecule has 0 aromatic rings. The Labute approximate surface area is 423 Å². The molecule has 0 heterocycles. The highest BCUT2D eigenvalue weighted by Gasteiger charge is 2.19. The monoisotopic (exact) mass is 951 g/mol. The van der Waals surface area contributed by atoms with E-state index in [1.807, 2.05) is 109 Å². The Kier molecular flexibility index (Phi) is 52.1. The normalized spacial score (nSPS) is 13.3. The Morgan fingerprint density at radius 2 is 0.580 bits per heavy atom. The molecule has 0 radical (unpaired) electrons. The van der Waals surface area contributed by atoms with Gasteiger partial charge in [-0.25, -0.2) is 0 Å². The van der Waals surface area contributed by atoms with E-state index in [9.17, 15) is 14.4 Å². The molecule has 0 aromatic carbocycles. The van der Waals surface area contributed by atoms with Crippen molar-refractivity contribution >= 4 is 17.9 Å².